The van der Waals surface area contributed by atoms with Crippen LogP contribution in [0, 0.1) is 0 Å². The highest BCUT2D eigenvalue weighted by Gasteiger charge is 2.36. The van der Waals surface area contributed by atoms with Crippen molar-refractivity contribution in [3.63, 3.8) is 0 Å². The molecular weight excluding hydrogens is 194 g/mol. The van der Waals surface area contributed by atoms with Gasteiger partial charge >= 0.3 is 0 Å². The van der Waals surface area contributed by atoms with Gasteiger partial charge in [-0.25, -0.2) is 4.31 Å². The molecular formula is C11H15NOS. The molecule has 1 aromatic rings. The van der Waals surface area contributed by atoms with E-state index in [-0.39, 0.29) is 5.54 Å². The minimum Gasteiger partial charge on any atom is -0.373 e. The fraction of sp³-hybridized carbons (Fsp3) is 0.455. The minimum atomic E-state index is -0.476. The van der Waals surface area contributed by atoms with Crippen molar-refractivity contribution in [1.82, 2.24) is 4.31 Å². The Balaban J connectivity index is 2.35. The fourth-order valence-corrected chi connectivity index (χ4v) is 2.68. The summed E-state index contributed by atoms with van der Waals surface area (Å²) in [7, 11) is 0. The van der Waals surface area contributed by atoms with Crippen molar-refractivity contribution < 1.29 is 5.11 Å². The van der Waals surface area contributed by atoms with Crippen LogP contribution in [0.3, 0.4) is 0 Å². The number of hydrogen-bond acceptors (Lipinski definition) is 3. The molecule has 1 aliphatic heterocycles. The topological polar surface area (TPSA) is 23.5 Å². The van der Waals surface area contributed by atoms with Crippen LogP contribution in [-0.4, -0.2) is 15.0 Å². The van der Waals surface area contributed by atoms with E-state index < -0.39 is 6.23 Å². The van der Waals surface area contributed by atoms with Crippen LogP contribution in [0.2, 0.25) is 0 Å². The summed E-state index contributed by atoms with van der Waals surface area (Å²) < 4.78 is 2.03. The molecule has 2 rings (SSSR count). The van der Waals surface area contributed by atoms with Gasteiger partial charge < -0.3 is 5.11 Å². The lowest BCUT2D eigenvalue weighted by Crippen LogP contribution is -2.36. The molecule has 1 unspecified atom stereocenters. The van der Waals surface area contributed by atoms with Crippen LogP contribution < -0.4 is 0 Å². The molecule has 1 aromatic carbocycles. The van der Waals surface area contributed by atoms with E-state index in [4.69, 9.17) is 0 Å². The molecule has 76 valence electrons. The van der Waals surface area contributed by atoms with Gasteiger partial charge in [0, 0.05) is 16.0 Å². The van der Waals surface area contributed by atoms with Gasteiger partial charge in [0.25, 0.3) is 0 Å². The smallest absolute Gasteiger partial charge is 0.144 e. The normalized spacial score (nSPS) is 22.4. The zero-order chi connectivity index (χ0) is 10.3. The summed E-state index contributed by atoms with van der Waals surface area (Å²) >= 11 is 1.63. The van der Waals surface area contributed by atoms with Gasteiger partial charge in [0.15, 0.2) is 0 Å². The van der Waals surface area contributed by atoms with Crippen molar-refractivity contribution in [2.24, 2.45) is 0 Å². The van der Waals surface area contributed by atoms with E-state index in [1.165, 1.54) is 0 Å². The lowest BCUT2D eigenvalue weighted by molar-refractivity contribution is 0.0275. The molecule has 0 saturated heterocycles. The van der Waals surface area contributed by atoms with Gasteiger partial charge in [0.05, 0.1) is 0 Å². The Morgan fingerprint density at radius 3 is 2.50 bits per heavy atom. The van der Waals surface area contributed by atoms with Crippen LogP contribution in [0.5, 0.6) is 0 Å². The van der Waals surface area contributed by atoms with Gasteiger partial charge in [-0.2, -0.15) is 0 Å². The predicted molar refractivity (Wildman–Crippen MR) is 58.9 cm³/mol. The quantitative estimate of drug-likeness (QED) is 0.665. The first-order chi connectivity index (χ1) is 6.50. The lowest BCUT2D eigenvalue weighted by Gasteiger charge is -2.32. The van der Waals surface area contributed by atoms with Crippen molar-refractivity contribution in [2.45, 2.75) is 37.4 Å². The molecule has 1 aliphatic rings. The van der Waals surface area contributed by atoms with E-state index in [0.717, 1.165) is 10.5 Å². The van der Waals surface area contributed by atoms with E-state index in [9.17, 15) is 5.11 Å². The number of benzene rings is 1. The highest BCUT2D eigenvalue weighted by Crippen LogP contribution is 2.46. The highest BCUT2D eigenvalue weighted by molar-refractivity contribution is 7.97. The van der Waals surface area contributed by atoms with E-state index in [2.05, 4.69) is 26.8 Å². The number of aliphatic hydroxyl groups is 1. The van der Waals surface area contributed by atoms with E-state index in [1.807, 2.05) is 22.5 Å². The van der Waals surface area contributed by atoms with Crippen molar-refractivity contribution in [3.05, 3.63) is 29.8 Å². The third kappa shape index (κ3) is 1.56. The van der Waals surface area contributed by atoms with Crippen LogP contribution >= 0.6 is 11.9 Å². The average molecular weight is 209 g/mol. The Bertz CT molecular complexity index is 345. The first-order valence-electron chi connectivity index (χ1n) is 4.74. The monoisotopic (exact) mass is 209 g/mol. The molecule has 0 aliphatic carbocycles. The Kier molecular flexibility index (Phi) is 2.33. The van der Waals surface area contributed by atoms with Gasteiger partial charge in [0.2, 0.25) is 0 Å². The van der Waals surface area contributed by atoms with Crippen LogP contribution in [-0.2, 0) is 0 Å². The Hall–Kier alpha value is -0.510. The SMILES string of the molecule is CC(C)(C)N1Sc2ccccc2C1O. The highest BCUT2D eigenvalue weighted by atomic mass is 32.2. The molecule has 1 heterocycles. The second-order valence-electron chi connectivity index (χ2n) is 4.50. The van der Waals surface area contributed by atoms with Gasteiger partial charge in [-0.15, -0.1) is 0 Å². The molecule has 0 amide bonds. The summed E-state index contributed by atoms with van der Waals surface area (Å²) in [5.41, 5.74) is 0.996. The molecule has 0 fully saturated rings. The van der Waals surface area contributed by atoms with Gasteiger partial charge in [0.1, 0.15) is 6.23 Å². The fourth-order valence-electron chi connectivity index (χ4n) is 1.56. The first kappa shape index (κ1) is 10.0. The van der Waals surface area contributed by atoms with Gasteiger partial charge in [-0.1, -0.05) is 18.2 Å². The Morgan fingerprint density at radius 1 is 1.29 bits per heavy atom. The van der Waals surface area contributed by atoms with Gasteiger partial charge in [-0.05, 0) is 38.8 Å². The second-order valence-corrected chi connectivity index (χ2v) is 5.52. The van der Waals surface area contributed by atoms with Crippen LogP contribution in [0.25, 0.3) is 0 Å². The van der Waals surface area contributed by atoms with Crippen molar-refractivity contribution in [2.75, 3.05) is 0 Å². The van der Waals surface area contributed by atoms with Crippen molar-refractivity contribution >= 4 is 11.9 Å². The molecule has 3 heteroatoms. The summed E-state index contributed by atoms with van der Waals surface area (Å²) in [6, 6.07) is 8.01. The number of fused-ring (bicyclic) bond motifs is 1. The maximum atomic E-state index is 10.1. The molecule has 0 saturated carbocycles. The number of rotatable bonds is 0. The van der Waals surface area contributed by atoms with Crippen molar-refractivity contribution in [3.8, 4) is 0 Å². The standard InChI is InChI=1S/C11H15NOS/c1-11(2,3)12-10(13)8-6-4-5-7-9(8)14-12/h4-7,10,13H,1-3H3. The van der Waals surface area contributed by atoms with Crippen LogP contribution in [0.15, 0.2) is 29.2 Å². The summed E-state index contributed by atoms with van der Waals surface area (Å²) in [6.07, 6.45) is -0.476. The van der Waals surface area contributed by atoms with E-state index in [1.54, 1.807) is 11.9 Å². The summed E-state index contributed by atoms with van der Waals surface area (Å²) in [5.74, 6) is 0. The Labute approximate surface area is 89.1 Å². The Morgan fingerprint density at radius 2 is 1.93 bits per heavy atom. The summed E-state index contributed by atoms with van der Waals surface area (Å²) in [5, 5.41) is 10.1. The molecule has 0 bridgehead atoms. The predicted octanol–water partition coefficient (Wildman–Crippen LogP) is 2.80. The first-order valence-corrected chi connectivity index (χ1v) is 5.52. The largest absolute Gasteiger partial charge is 0.373 e. The maximum Gasteiger partial charge on any atom is 0.144 e. The lowest BCUT2D eigenvalue weighted by atomic mass is 10.1. The zero-order valence-electron chi connectivity index (χ0n) is 8.69. The minimum absolute atomic E-state index is 0.0247. The maximum absolute atomic E-state index is 10.1. The van der Waals surface area contributed by atoms with E-state index >= 15 is 0 Å². The van der Waals surface area contributed by atoms with Crippen LogP contribution in [0.1, 0.15) is 32.6 Å². The third-order valence-electron chi connectivity index (χ3n) is 2.28. The van der Waals surface area contributed by atoms with Crippen molar-refractivity contribution in [1.29, 1.82) is 0 Å². The van der Waals surface area contributed by atoms with E-state index in [0.29, 0.717) is 0 Å². The average Bonchev–Trinajstić information content (AvgIpc) is 2.44. The second kappa shape index (κ2) is 3.26. The molecule has 0 radical (unpaired) electrons. The zero-order valence-corrected chi connectivity index (χ0v) is 9.51. The molecule has 0 aromatic heterocycles. The summed E-state index contributed by atoms with van der Waals surface area (Å²) in [6.45, 7) is 6.32. The molecule has 1 atom stereocenters. The molecule has 1 N–H and O–H groups in total. The van der Waals surface area contributed by atoms with Gasteiger partial charge in [-0.3, -0.25) is 0 Å². The number of aliphatic hydroxyl groups excluding tert-OH is 1. The third-order valence-corrected chi connectivity index (χ3v) is 3.79. The number of nitrogens with zero attached hydrogens (tertiary/aromatic N) is 1. The molecule has 14 heavy (non-hydrogen) atoms. The van der Waals surface area contributed by atoms with Crippen LogP contribution in [0.4, 0.5) is 0 Å². The summed E-state index contributed by atoms with van der Waals surface area (Å²) in [4.78, 5) is 1.16. The molecule has 0 spiro atoms. The number of hydrogen-bond donors (Lipinski definition) is 1. The molecule has 2 nitrogen and oxygen atoms in total.